The Balaban J connectivity index is 1.81. The van der Waals surface area contributed by atoms with Crippen LogP contribution in [0, 0.1) is 5.82 Å². The normalized spacial score (nSPS) is 11.3. The molecule has 1 amide bonds. The van der Waals surface area contributed by atoms with Crippen molar-refractivity contribution in [2.45, 2.75) is 11.4 Å². The molecule has 0 aromatic heterocycles. The maximum atomic E-state index is 13.1. The molecular weight excluding hydrogens is 492 g/mol. The third kappa shape index (κ3) is 6.68. The van der Waals surface area contributed by atoms with Gasteiger partial charge in [-0.25, -0.2) is 4.39 Å². The average Bonchev–Trinajstić information content (AvgIpc) is 2.78. The summed E-state index contributed by atoms with van der Waals surface area (Å²) in [5, 5.41) is 0.597. The summed E-state index contributed by atoms with van der Waals surface area (Å²) in [5.41, 5.74) is 0.984. The van der Waals surface area contributed by atoms with Gasteiger partial charge in [0.1, 0.15) is 16.5 Å². The van der Waals surface area contributed by atoms with Gasteiger partial charge in [0.05, 0.1) is 16.7 Å². The molecule has 0 aliphatic rings. The molecule has 0 radical (unpaired) electrons. The van der Waals surface area contributed by atoms with Crippen molar-refractivity contribution in [2.24, 2.45) is 0 Å². The molecule has 0 fully saturated rings. The lowest BCUT2D eigenvalue weighted by Crippen LogP contribution is -2.33. The van der Waals surface area contributed by atoms with Gasteiger partial charge in [0.25, 0.3) is 5.91 Å². The first-order valence-electron chi connectivity index (χ1n) is 9.72. The van der Waals surface area contributed by atoms with Crippen molar-refractivity contribution in [1.29, 1.82) is 0 Å². The molecule has 0 atom stereocenters. The van der Waals surface area contributed by atoms with Gasteiger partial charge in [-0.05, 0) is 60.2 Å². The molecule has 6 nitrogen and oxygen atoms in total. The number of methoxy groups -OCH3 is 1. The van der Waals surface area contributed by atoms with Gasteiger partial charge in [0.2, 0.25) is 0 Å². The van der Waals surface area contributed by atoms with Crippen molar-refractivity contribution < 1.29 is 26.5 Å². The van der Waals surface area contributed by atoms with E-state index in [1.54, 1.807) is 24.3 Å². The monoisotopic (exact) mass is 511 g/mol. The molecule has 0 bridgehead atoms. The Morgan fingerprint density at radius 3 is 2.39 bits per heavy atom. The number of hydrogen-bond acceptors (Lipinski definition) is 5. The molecule has 10 heteroatoms. The van der Waals surface area contributed by atoms with E-state index in [4.69, 9.17) is 32.1 Å². The number of carbonyl (C=O) groups is 1. The molecule has 0 saturated heterocycles. The first kappa shape index (κ1) is 25.0. The Morgan fingerprint density at radius 2 is 1.73 bits per heavy atom. The summed E-state index contributed by atoms with van der Waals surface area (Å²) in [4.78, 5) is 14.4. The van der Waals surface area contributed by atoms with Crippen LogP contribution in [0.4, 0.5) is 4.39 Å². The molecule has 0 N–H and O–H groups in total. The topological polar surface area (TPSA) is 72.9 Å². The standard InChI is InChI=1S/C23H20Cl2FNO5S/c1-31-12-11-27(23(28)17-5-10-21(24)22(25)14-17)15-16-3-2-4-19(13-16)32-33(29,30)20-8-6-18(26)7-9-20/h2-10,13-14H,11-12,15H2,1H3. The van der Waals surface area contributed by atoms with Crippen LogP contribution in [0.5, 0.6) is 5.75 Å². The first-order valence-corrected chi connectivity index (χ1v) is 11.9. The van der Waals surface area contributed by atoms with Gasteiger partial charge < -0.3 is 13.8 Å². The number of ether oxygens (including phenoxy) is 1. The minimum Gasteiger partial charge on any atom is -0.383 e. The second kappa shape index (κ2) is 11.0. The van der Waals surface area contributed by atoms with Gasteiger partial charge in [0, 0.05) is 25.8 Å². The lowest BCUT2D eigenvalue weighted by atomic mass is 10.1. The van der Waals surface area contributed by atoms with Crippen molar-refractivity contribution in [2.75, 3.05) is 20.3 Å². The molecule has 0 unspecified atom stereocenters. The van der Waals surface area contributed by atoms with E-state index in [1.807, 2.05) is 0 Å². The summed E-state index contributed by atoms with van der Waals surface area (Å²) in [6, 6.07) is 15.3. The quantitative estimate of drug-likeness (QED) is 0.369. The third-order valence-corrected chi connectivity index (χ3v) is 6.60. The highest BCUT2D eigenvalue weighted by atomic mass is 35.5. The van der Waals surface area contributed by atoms with Crippen molar-refractivity contribution in [3.05, 3.63) is 93.7 Å². The van der Waals surface area contributed by atoms with Crippen molar-refractivity contribution in [3.8, 4) is 5.75 Å². The molecule has 174 valence electrons. The largest absolute Gasteiger partial charge is 0.383 e. The summed E-state index contributed by atoms with van der Waals surface area (Å²) in [7, 11) is -2.63. The zero-order valence-electron chi connectivity index (χ0n) is 17.5. The average molecular weight is 512 g/mol. The van der Waals surface area contributed by atoms with E-state index in [-0.39, 0.29) is 34.7 Å². The maximum Gasteiger partial charge on any atom is 0.339 e. The molecule has 0 spiro atoms. The van der Waals surface area contributed by atoms with Gasteiger partial charge in [0.15, 0.2) is 0 Å². The third-order valence-electron chi connectivity index (χ3n) is 4.60. The van der Waals surface area contributed by atoms with Crippen molar-refractivity contribution in [1.82, 2.24) is 4.90 Å². The summed E-state index contributed by atoms with van der Waals surface area (Å²) >= 11 is 12.0. The predicted octanol–water partition coefficient (Wildman–Crippen LogP) is 5.19. The van der Waals surface area contributed by atoms with E-state index < -0.39 is 15.9 Å². The van der Waals surface area contributed by atoms with E-state index in [2.05, 4.69) is 0 Å². The number of hydrogen-bond donors (Lipinski definition) is 0. The zero-order chi connectivity index (χ0) is 24.0. The Bertz CT molecular complexity index is 1240. The number of amides is 1. The second-order valence-electron chi connectivity index (χ2n) is 6.99. The lowest BCUT2D eigenvalue weighted by molar-refractivity contribution is 0.0680. The van der Waals surface area contributed by atoms with Crippen LogP contribution in [-0.4, -0.2) is 39.5 Å². The zero-order valence-corrected chi connectivity index (χ0v) is 19.8. The molecule has 0 saturated carbocycles. The van der Waals surface area contributed by atoms with Crippen LogP contribution in [0.15, 0.2) is 71.6 Å². The van der Waals surface area contributed by atoms with E-state index in [9.17, 15) is 17.6 Å². The summed E-state index contributed by atoms with van der Waals surface area (Å²) in [5.74, 6) is -0.792. The molecule has 3 rings (SSSR count). The van der Waals surface area contributed by atoms with Gasteiger partial charge in [-0.1, -0.05) is 35.3 Å². The van der Waals surface area contributed by atoms with E-state index in [0.29, 0.717) is 22.8 Å². The van der Waals surface area contributed by atoms with Crippen molar-refractivity contribution in [3.63, 3.8) is 0 Å². The minimum absolute atomic E-state index is 0.0607. The molecule has 0 heterocycles. The molecule has 33 heavy (non-hydrogen) atoms. The number of halogens is 3. The van der Waals surface area contributed by atoms with Gasteiger partial charge >= 0.3 is 10.1 Å². The molecular formula is C23H20Cl2FNO5S. The lowest BCUT2D eigenvalue weighted by Gasteiger charge is -2.23. The van der Waals surface area contributed by atoms with E-state index >= 15 is 0 Å². The highest BCUT2D eigenvalue weighted by molar-refractivity contribution is 7.87. The number of rotatable bonds is 9. The van der Waals surface area contributed by atoms with Crippen LogP contribution in [-0.2, 0) is 21.4 Å². The number of nitrogens with zero attached hydrogens (tertiary/aromatic N) is 1. The first-order chi connectivity index (χ1) is 15.7. The molecule has 0 aliphatic heterocycles. The highest BCUT2D eigenvalue weighted by Gasteiger charge is 2.19. The van der Waals surface area contributed by atoms with Crippen LogP contribution in [0.3, 0.4) is 0 Å². The highest BCUT2D eigenvalue weighted by Crippen LogP contribution is 2.25. The van der Waals surface area contributed by atoms with Crippen LogP contribution in [0.25, 0.3) is 0 Å². The Hall–Kier alpha value is -2.65. The minimum atomic E-state index is -4.15. The summed E-state index contributed by atoms with van der Waals surface area (Å²) in [6.07, 6.45) is 0. The Morgan fingerprint density at radius 1 is 1.00 bits per heavy atom. The summed E-state index contributed by atoms with van der Waals surface area (Å²) in [6.45, 7) is 0.743. The smallest absolute Gasteiger partial charge is 0.339 e. The van der Waals surface area contributed by atoms with E-state index in [0.717, 1.165) is 24.3 Å². The Kier molecular flexibility index (Phi) is 8.31. The van der Waals surface area contributed by atoms with Crippen LogP contribution in [0.2, 0.25) is 10.0 Å². The van der Waals surface area contributed by atoms with E-state index in [1.165, 1.54) is 30.2 Å². The second-order valence-corrected chi connectivity index (χ2v) is 9.35. The van der Waals surface area contributed by atoms with Gasteiger partial charge in [-0.2, -0.15) is 8.42 Å². The Labute approximate surface area is 201 Å². The maximum absolute atomic E-state index is 13.1. The number of benzene rings is 3. The SMILES string of the molecule is COCCN(Cc1cccc(OS(=O)(=O)c2ccc(F)cc2)c1)C(=O)c1ccc(Cl)c(Cl)c1. The number of carbonyl (C=O) groups excluding carboxylic acids is 1. The van der Waals surface area contributed by atoms with Crippen molar-refractivity contribution >= 4 is 39.2 Å². The van der Waals surface area contributed by atoms with Crippen LogP contribution in [0.1, 0.15) is 15.9 Å². The molecule has 0 aliphatic carbocycles. The fraction of sp³-hybridized carbons (Fsp3) is 0.174. The fourth-order valence-corrected chi connectivity index (χ4v) is 4.18. The fourth-order valence-electron chi connectivity index (χ4n) is 2.96. The predicted molar refractivity (Wildman–Crippen MR) is 124 cm³/mol. The van der Waals surface area contributed by atoms with Crippen LogP contribution < -0.4 is 4.18 Å². The van der Waals surface area contributed by atoms with Gasteiger partial charge in [-0.15, -0.1) is 0 Å². The molecule has 3 aromatic rings. The van der Waals surface area contributed by atoms with Gasteiger partial charge in [-0.3, -0.25) is 4.79 Å². The summed E-state index contributed by atoms with van der Waals surface area (Å²) < 4.78 is 48.4. The van der Waals surface area contributed by atoms with Crippen LogP contribution >= 0.6 is 23.2 Å². The molecule has 3 aromatic carbocycles.